The zero-order valence-electron chi connectivity index (χ0n) is 20.1. The van der Waals surface area contributed by atoms with Crippen molar-refractivity contribution in [2.24, 2.45) is 23.7 Å². The van der Waals surface area contributed by atoms with Crippen LogP contribution in [0.4, 0.5) is 0 Å². The Morgan fingerprint density at radius 1 is 1.13 bits per heavy atom. The Balaban J connectivity index is 1.70. The van der Waals surface area contributed by atoms with Gasteiger partial charge in [-0.3, -0.25) is 4.79 Å². The number of aliphatic hydroxyl groups excluding tert-OH is 1. The number of aryl methyl sites for hydroxylation is 1. The van der Waals surface area contributed by atoms with Crippen molar-refractivity contribution in [1.29, 1.82) is 0 Å². The molecule has 0 heterocycles. The molecule has 3 nitrogen and oxygen atoms in total. The number of carbonyl (C=O) groups is 1. The van der Waals surface area contributed by atoms with Crippen molar-refractivity contribution in [1.82, 2.24) is 0 Å². The Labute approximate surface area is 190 Å². The number of benzene rings is 1. The SMILES string of the molecule is CC(C)OC(=O)CCC/C=C\C[C@@H]1[C@@H](CC[C@@H](C)CCc2ccccc2)[C@H](O)C[C@@H]1C. The highest BCUT2D eigenvalue weighted by Crippen LogP contribution is 2.42. The molecule has 1 aliphatic carbocycles. The van der Waals surface area contributed by atoms with E-state index in [9.17, 15) is 9.90 Å². The Hall–Kier alpha value is -1.61. The van der Waals surface area contributed by atoms with Crippen LogP contribution in [0.5, 0.6) is 0 Å². The summed E-state index contributed by atoms with van der Waals surface area (Å²) in [7, 11) is 0. The van der Waals surface area contributed by atoms with Gasteiger partial charge in [-0.1, -0.05) is 62.8 Å². The molecule has 0 aliphatic heterocycles. The molecule has 0 unspecified atom stereocenters. The van der Waals surface area contributed by atoms with E-state index in [1.807, 2.05) is 13.8 Å². The fourth-order valence-corrected chi connectivity index (χ4v) is 4.99. The lowest BCUT2D eigenvalue weighted by Gasteiger charge is -2.24. The second-order valence-electron chi connectivity index (χ2n) is 9.95. The van der Waals surface area contributed by atoms with Crippen molar-refractivity contribution in [2.45, 2.75) is 97.7 Å². The number of aliphatic hydroxyl groups is 1. The molecule has 0 spiro atoms. The van der Waals surface area contributed by atoms with Gasteiger partial charge in [0.15, 0.2) is 0 Å². The monoisotopic (exact) mass is 428 g/mol. The molecule has 1 fully saturated rings. The first kappa shape index (κ1) is 25.6. The van der Waals surface area contributed by atoms with Crippen molar-refractivity contribution in [3.8, 4) is 0 Å². The molecule has 0 bridgehead atoms. The highest BCUT2D eigenvalue weighted by Gasteiger charge is 2.38. The van der Waals surface area contributed by atoms with E-state index in [0.717, 1.165) is 38.5 Å². The van der Waals surface area contributed by atoms with E-state index in [0.29, 0.717) is 30.1 Å². The Bertz CT molecular complexity index is 651. The standard InChI is InChI=1S/C28H44O3/c1-21(2)31-28(30)15-11-6-5-10-14-25-23(4)20-27(29)26(25)19-17-22(3)16-18-24-12-8-7-9-13-24/h5,7-10,12-13,21-23,25-27,29H,6,11,14-20H2,1-4H3/b10-5-/t22-,23-,25-,26+,27+/m0/s1. The van der Waals surface area contributed by atoms with Gasteiger partial charge in [-0.15, -0.1) is 0 Å². The summed E-state index contributed by atoms with van der Waals surface area (Å²) in [4.78, 5) is 11.6. The number of esters is 1. The topological polar surface area (TPSA) is 46.5 Å². The van der Waals surface area contributed by atoms with E-state index in [4.69, 9.17) is 4.74 Å². The van der Waals surface area contributed by atoms with Crippen LogP contribution in [0, 0.1) is 23.7 Å². The van der Waals surface area contributed by atoms with Gasteiger partial charge in [0.25, 0.3) is 0 Å². The molecule has 5 atom stereocenters. The van der Waals surface area contributed by atoms with Gasteiger partial charge >= 0.3 is 5.97 Å². The predicted molar refractivity (Wildman–Crippen MR) is 129 cm³/mol. The van der Waals surface area contributed by atoms with Gasteiger partial charge in [-0.2, -0.15) is 0 Å². The summed E-state index contributed by atoms with van der Waals surface area (Å²) in [6, 6.07) is 10.7. The van der Waals surface area contributed by atoms with Crippen LogP contribution in [0.2, 0.25) is 0 Å². The molecule has 1 saturated carbocycles. The minimum absolute atomic E-state index is 0.0312. The van der Waals surface area contributed by atoms with Crippen LogP contribution >= 0.6 is 0 Å². The lowest BCUT2D eigenvalue weighted by Crippen LogP contribution is -2.20. The largest absolute Gasteiger partial charge is 0.463 e. The summed E-state index contributed by atoms with van der Waals surface area (Å²) in [6.45, 7) is 8.42. The molecule has 1 N–H and O–H groups in total. The second-order valence-corrected chi connectivity index (χ2v) is 9.95. The van der Waals surface area contributed by atoms with Gasteiger partial charge in [-0.05, 0) is 88.0 Å². The van der Waals surface area contributed by atoms with Crippen molar-refractivity contribution < 1.29 is 14.6 Å². The number of hydrogen-bond acceptors (Lipinski definition) is 3. The van der Waals surface area contributed by atoms with E-state index in [-0.39, 0.29) is 18.2 Å². The minimum Gasteiger partial charge on any atom is -0.463 e. The number of allylic oxidation sites excluding steroid dienone is 2. The third-order valence-corrected chi connectivity index (χ3v) is 6.84. The van der Waals surface area contributed by atoms with Gasteiger partial charge < -0.3 is 9.84 Å². The summed E-state index contributed by atoms with van der Waals surface area (Å²) in [5, 5.41) is 10.6. The molecule has 0 aromatic heterocycles. The highest BCUT2D eigenvalue weighted by molar-refractivity contribution is 5.69. The van der Waals surface area contributed by atoms with Crippen LogP contribution < -0.4 is 0 Å². The van der Waals surface area contributed by atoms with Crippen LogP contribution in [0.3, 0.4) is 0 Å². The fourth-order valence-electron chi connectivity index (χ4n) is 4.99. The maximum absolute atomic E-state index is 11.6. The number of rotatable bonds is 13. The second kappa shape index (κ2) is 13.7. The highest BCUT2D eigenvalue weighted by atomic mass is 16.5. The van der Waals surface area contributed by atoms with E-state index in [1.54, 1.807) is 0 Å². The maximum atomic E-state index is 11.6. The summed E-state index contributed by atoms with van der Waals surface area (Å²) >= 11 is 0. The average molecular weight is 429 g/mol. The van der Waals surface area contributed by atoms with Crippen LogP contribution in [-0.4, -0.2) is 23.3 Å². The van der Waals surface area contributed by atoms with Crippen molar-refractivity contribution in [3.05, 3.63) is 48.0 Å². The molecule has 3 heteroatoms. The fraction of sp³-hybridized carbons (Fsp3) is 0.679. The van der Waals surface area contributed by atoms with Gasteiger partial charge in [0.05, 0.1) is 12.2 Å². The molecule has 1 aliphatic rings. The Morgan fingerprint density at radius 3 is 2.58 bits per heavy atom. The van der Waals surface area contributed by atoms with Crippen LogP contribution in [0.1, 0.15) is 84.6 Å². The van der Waals surface area contributed by atoms with Crippen molar-refractivity contribution in [3.63, 3.8) is 0 Å². The molecular weight excluding hydrogens is 384 g/mol. The summed E-state index contributed by atoms with van der Waals surface area (Å²) in [5.41, 5.74) is 1.42. The Kier molecular flexibility index (Phi) is 11.4. The van der Waals surface area contributed by atoms with Crippen LogP contribution in [0.15, 0.2) is 42.5 Å². The van der Waals surface area contributed by atoms with E-state index < -0.39 is 0 Å². The average Bonchev–Trinajstić information content (AvgIpc) is 3.00. The van der Waals surface area contributed by atoms with Gasteiger partial charge in [-0.25, -0.2) is 0 Å². The van der Waals surface area contributed by atoms with Crippen LogP contribution in [-0.2, 0) is 16.0 Å². The van der Waals surface area contributed by atoms with E-state index in [2.05, 4.69) is 56.3 Å². The minimum atomic E-state index is -0.152. The summed E-state index contributed by atoms with van der Waals surface area (Å²) in [6.07, 6.45) is 13.2. The van der Waals surface area contributed by atoms with E-state index >= 15 is 0 Å². The first-order valence-electron chi connectivity index (χ1n) is 12.4. The molecule has 174 valence electrons. The molecule has 0 radical (unpaired) electrons. The third kappa shape index (κ3) is 9.60. The normalized spacial score (nSPS) is 24.7. The van der Waals surface area contributed by atoms with Gasteiger partial charge in [0, 0.05) is 6.42 Å². The molecule has 2 rings (SSSR count). The quantitative estimate of drug-likeness (QED) is 0.215. The molecule has 1 aromatic carbocycles. The zero-order valence-corrected chi connectivity index (χ0v) is 20.1. The predicted octanol–water partition coefficient (Wildman–Crippen LogP) is 6.74. The zero-order chi connectivity index (χ0) is 22.6. The van der Waals surface area contributed by atoms with Crippen molar-refractivity contribution >= 4 is 5.97 Å². The molecule has 0 saturated heterocycles. The molecule has 1 aromatic rings. The smallest absolute Gasteiger partial charge is 0.306 e. The number of hydrogen-bond donors (Lipinski definition) is 1. The third-order valence-electron chi connectivity index (χ3n) is 6.84. The van der Waals surface area contributed by atoms with Gasteiger partial charge in [0.1, 0.15) is 0 Å². The number of unbranched alkanes of at least 4 members (excludes halogenated alkanes) is 1. The molecular formula is C28H44O3. The molecule has 0 amide bonds. The summed E-state index contributed by atoms with van der Waals surface area (Å²) < 4.78 is 5.18. The maximum Gasteiger partial charge on any atom is 0.306 e. The summed E-state index contributed by atoms with van der Waals surface area (Å²) in [5.74, 6) is 2.14. The first-order valence-corrected chi connectivity index (χ1v) is 12.4. The number of ether oxygens (including phenoxy) is 1. The van der Waals surface area contributed by atoms with Crippen molar-refractivity contribution in [2.75, 3.05) is 0 Å². The van der Waals surface area contributed by atoms with Gasteiger partial charge in [0.2, 0.25) is 0 Å². The van der Waals surface area contributed by atoms with Crippen LogP contribution in [0.25, 0.3) is 0 Å². The first-order chi connectivity index (χ1) is 14.9. The van der Waals surface area contributed by atoms with E-state index in [1.165, 1.54) is 18.4 Å². The lowest BCUT2D eigenvalue weighted by atomic mass is 9.82. The number of carbonyl (C=O) groups excluding carboxylic acids is 1. The molecule has 31 heavy (non-hydrogen) atoms. The lowest BCUT2D eigenvalue weighted by molar-refractivity contribution is -0.147. The Morgan fingerprint density at radius 2 is 1.87 bits per heavy atom.